The van der Waals surface area contributed by atoms with E-state index in [-0.39, 0.29) is 23.1 Å². The summed E-state index contributed by atoms with van der Waals surface area (Å²) in [5.41, 5.74) is 0.641. The molecule has 0 bridgehead atoms. The van der Waals surface area contributed by atoms with Crippen LogP contribution in [-0.4, -0.2) is 27.5 Å². The van der Waals surface area contributed by atoms with E-state index in [1.54, 1.807) is 0 Å². The van der Waals surface area contributed by atoms with Gasteiger partial charge in [-0.15, -0.1) is 0 Å². The highest BCUT2D eigenvalue weighted by molar-refractivity contribution is 5.94. The maximum absolute atomic E-state index is 13.5. The van der Waals surface area contributed by atoms with E-state index in [1.165, 1.54) is 35.2 Å². The van der Waals surface area contributed by atoms with Crippen LogP contribution in [0.2, 0.25) is 0 Å². The van der Waals surface area contributed by atoms with Gasteiger partial charge in [0.25, 0.3) is 5.91 Å². The van der Waals surface area contributed by atoms with Gasteiger partial charge in [0.05, 0.1) is 0 Å². The van der Waals surface area contributed by atoms with Gasteiger partial charge in [-0.3, -0.25) is 4.79 Å². The van der Waals surface area contributed by atoms with Gasteiger partial charge in [0, 0.05) is 17.7 Å². The second-order valence-electron chi connectivity index (χ2n) is 6.25. The Morgan fingerprint density at radius 1 is 1.07 bits per heavy atom. The number of aromatic nitrogens is 2. The Balaban J connectivity index is 1.59. The Kier molecular flexibility index (Phi) is 4.39. The van der Waals surface area contributed by atoms with E-state index in [0.29, 0.717) is 24.9 Å². The molecule has 1 fully saturated rings. The molecule has 138 valence electrons. The summed E-state index contributed by atoms with van der Waals surface area (Å²) in [6, 6.07) is 8.24. The van der Waals surface area contributed by atoms with Gasteiger partial charge in [0.2, 0.25) is 11.7 Å². The van der Waals surface area contributed by atoms with Crippen LogP contribution in [0.25, 0.3) is 11.4 Å². The molecule has 8 heteroatoms. The lowest BCUT2D eigenvalue weighted by atomic mass is 10.1. The molecule has 1 saturated heterocycles. The predicted molar refractivity (Wildman–Crippen MR) is 89.1 cm³/mol. The zero-order valence-corrected chi connectivity index (χ0v) is 14.0. The van der Waals surface area contributed by atoms with E-state index in [9.17, 15) is 18.0 Å². The monoisotopic (exact) mass is 373 g/mol. The molecule has 1 aliphatic heterocycles. The summed E-state index contributed by atoms with van der Waals surface area (Å²) in [4.78, 5) is 18.5. The molecule has 27 heavy (non-hydrogen) atoms. The van der Waals surface area contributed by atoms with Crippen LogP contribution in [0.3, 0.4) is 0 Å². The lowest BCUT2D eigenvalue weighted by Gasteiger charge is -2.21. The molecule has 3 aromatic rings. The van der Waals surface area contributed by atoms with Gasteiger partial charge >= 0.3 is 0 Å². The first-order chi connectivity index (χ1) is 13.0. The highest BCUT2D eigenvalue weighted by atomic mass is 19.2. The van der Waals surface area contributed by atoms with Crippen molar-refractivity contribution in [3.05, 3.63) is 71.4 Å². The number of nitrogens with zero attached hydrogens (tertiary/aromatic N) is 3. The quantitative estimate of drug-likeness (QED) is 0.693. The highest BCUT2D eigenvalue weighted by Crippen LogP contribution is 2.33. The molecule has 0 N–H and O–H groups in total. The maximum Gasteiger partial charge on any atom is 0.254 e. The first kappa shape index (κ1) is 17.3. The Bertz CT molecular complexity index is 988. The molecule has 0 radical (unpaired) electrons. The van der Waals surface area contributed by atoms with E-state index < -0.39 is 23.6 Å². The fourth-order valence-corrected chi connectivity index (χ4v) is 3.15. The summed E-state index contributed by atoms with van der Waals surface area (Å²) in [6.07, 6.45) is 1.33. The summed E-state index contributed by atoms with van der Waals surface area (Å²) in [5.74, 6) is -2.35. The van der Waals surface area contributed by atoms with Crippen LogP contribution in [0.4, 0.5) is 13.2 Å². The Labute approximate surface area is 152 Å². The van der Waals surface area contributed by atoms with Crippen LogP contribution in [0, 0.1) is 17.5 Å². The van der Waals surface area contributed by atoms with Crippen molar-refractivity contribution in [3.8, 4) is 11.4 Å². The molecular weight excluding hydrogens is 359 g/mol. The van der Waals surface area contributed by atoms with E-state index >= 15 is 0 Å². The summed E-state index contributed by atoms with van der Waals surface area (Å²) in [7, 11) is 0. The zero-order chi connectivity index (χ0) is 19.0. The summed E-state index contributed by atoms with van der Waals surface area (Å²) in [6.45, 7) is 0.441. The molecule has 0 spiro atoms. The average Bonchev–Trinajstić information content (AvgIpc) is 3.33. The minimum atomic E-state index is -1.08. The molecular formula is C19H14F3N3O2. The summed E-state index contributed by atoms with van der Waals surface area (Å²) < 4.78 is 44.9. The van der Waals surface area contributed by atoms with Gasteiger partial charge in [0.1, 0.15) is 11.9 Å². The fraction of sp³-hybridized carbons (Fsp3) is 0.211. The van der Waals surface area contributed by atoms with Gasteiger partial charge < -0.3 is 9.42 Å². The number of rotatable bonds is 3. The second kappa shape index (κ2) is 6.86. The number of likely N-dealkylation sites (tertiary alicyclic amines) is 1. The standard InChI is InChI=1S/C19H14F3N3O2/c20-13-6-3-11(4-7-13)17-23-18(27-24-17)16-2-1-9-25(16)19(26)12-5-8-14(21)15(22)10-12/h3-8,10,16H,1-2,9H2/t16-/m0/s1. The molecule has 0 saturated carbocycles. The average molecular weight is 373 g/mol. The van der Waals surface area contributed by atoms with Crippen LogP contribution in [0.1, 0.15) is 35.1 Å². The molecule has 1 atom stereocenters. The van der Waals surface area contributed by atoms with E-state index in [2.05, 4.69) is 10.1 Å². The smallest absolute Gasteiger partial charge is 0.254 e. The van der Waals surface area contributed by atoms with Gasteiger partial charge in [-0.25, -0.2) is 13.2 Å². The summed E-state index contributed by atoms with van der Waals surface area (Å²) in [5, 5.41) is 3.90. The van der Waals surface area contributed by atoms with Gasteiger partial charge in [-0.2, -0.15) is 4.98 Å². The minimum Gasteiger partial charge on any atom is -0.337 e. The molecule has 2 aromatic carbocycles. The van der Waals surface area contributed by atoms with Gasteiger partial charge in [0.15, 0.2) is 11.6 Å². The minimum absolute atomic E-state index is 0.0547. The first-order valence-corrected chi connectivity index (χ1v) is 8.38. The van der Waals surface area contributed by atoms with Crippen LogP contribution in [-0.2, 0) is 0 Å². The van der Waals surface area contributed by atoms with Crippen molar-refractivity contribution in [2.75, 3.05) is 6.54 Å². The third-order valence-electron chi connectivity index (χ3n) is 4.51. The third kappa shape index (κ3) is 3.30. The molecule has 1 aliphatic rings. The van der Waals surface area contributed by atoms with Crippen molar-refractivity contribution in [2.45, 2.75) is 18.9 Å². The van der Waals surface area contributed by atoms with Crippen LogP contribution in [0.15, 0.2) is 47.0 Å². The molecule has 1 aromatic heterocycles. The van der Waals surface area contributed by atoms with Crippen molar-refractivity contribution in [3.63, 3.8) is 0 Å². The third-order valence-corrected chi connectivity index (χ3v) is 4.51. The van der Waals surface area contributed by atoms with Crippen molar-refractivity contribution < 1.29 is 22.5 Å². The number of hydrogen-bond donors (Lipinski definition) is 0. The Morgan fingerprint density at radius 2 is 1.85 bits per heavy atom. The number of benzene rings is 2. The van der Waals surface area contributed by atoms with E-state index in [1.807, 2.05) is 0 Å². The number of amides is 1. The molecule has 5 nitrogen and oxygen atoms in total. The topological polar surface area (TPSA) is 59.2 Å². The molecule has 0 unspecified atom stereocenters. The number of carbonyl (C=O) groups excluding carboxylic acids is 1. The van der Waals surface area contributed by atoms with Crippen molar-refractivity contribution in [1.29, 1.82) is 0 Å². The number of halogens is 3. The molecule has 0 aliphatic carbocycles. The number of hydrogen-bond acceptors (Lipinski definition) is 4. The highest BCUT2D eigenvalue weighted by Gasteiger charge is 2.34. The van der Waals surface area contributed by atoms with Crippen molar-refractivity contribution in [2.24, 2.45) is 0 Å². The fourth-order valence-electron chi connectivity index (χ4n) is 3.15. The van der Waals surface area contributed by atoms with Crippen molar-refractivity contribution >= 4 is 5.91 Å². The Morgan fingerprint density at radius 3 is 2.59 bits per heavy atom. The van der Waals surface area contributed by atoms with Gasteiger partial charge in [-0.05, 0) is 55.3 Å². The Hall–Kier alpha value is -3.16. The SMILES string of the molecule is O=C(c1ccc(F)c(F)c1)N1CCC[C@H]1c1nc(-c2ccc(F)cc2)no1. The van der Waals surface area contributed by atoms with Crippen LogP contribution >= 0.6 is 0 Å². The normalized spacial score (nSPS) is 16.7. The molecule has 2 heterocycles. The lowest BCUT2D eigenvalue weighted by molar-refractivity contribution is 0.0709. The number of carbonyl (C=O) groups is 1. The molecule has 1 amide bonds. The molecule has 4 rings (SSSR count). The largest absolute Gasteiger partial charge is 0.337 e. The van der Waals surface area contributed by atoms with Crippen molar-refractivity contribution in [1.82, 2.24) is 15.0 Å². The lowest BCUT2D eigenvalue weighted by Crippen LogP contribution is -2.30. The van der Waals surface area contributed by atoms with Crippen LogP contribution in [0.5, 0.6) is 0 Å². The zero-order valence-electron chi connectivity index (χ0n) is 14.0. The second-order valence-corrected chi connectivity index (χ2v) is 6.25. The predicted octanol–water partition coefficient (Wildman–Crippen LogP) is 4.13. The first-order valence-electron chi connectivity index (χ1n) is 8.38. The summed E-state index contributed by atoms with van der Waals surface area (Å²) >= 11 is 0. The van der Waals surface area contributed by atoms with E-state index in [0.717, 1.165) is 12.1 Å². The van der Waals surface area contributed by atoms with Gasteiger partial charge in [-0.1, -0.05) is 5.16 Å². The van der Waals surface area contributed by atoms with E-state index in [4.69, 9.17) is 4.52 Å². The van der Waals surface area contributed by atoms with Crippen LogP contribution < -0.4 is 0 Å². The maximum atomic E-state index is 13.5.